The van der Waals surface area contributed by atoms with E-state index in [4.69, 9.17) is 5.73 Å². The van der Waals surface area contributed by atoms with Crippen molar-refractivity contribution in [3.05, 3.63) is 35.4 Å². The molecule has 1 aromatic carbocycles. The van der Waals surface area contributed by atoms with Crippen molar-refractivity contribution in [2.75, 3.05) is 6.54 Å². The summed E-state index contributed by atoms with van der Waals surface area (Å²) in [5, 5.41) is 3.32. The first-order chi connectivity index (χ1) is 7.09. The average Bonchev–Trinajstić information content (AvgIpc) is 2.17. The smallest absolute Gasteiger partial charge is 0.248 e. The Balaban J connectivity index is 0.00000225. The first kappa shape index (κ1) is 14.6. The van der Waals surface area contributed by atoms with Gasteiger partial charge in [0, 0.05) is 12.1 Å². The van der Waals surface area contributed by atoms with Crippen molar-refractivity contribution < 1.29 is 4.79 Å². The molecule has 1 amide bonds. The van der Waals surface area contributed by atoms with Crippen LogP contribution >= 0.6 is 0 Å². The molecule has 0 spiro atoms. The molecule has 16 heavy (non-hydrogen) atoms. The third-order valence-electron chi connectivity index (χ3n) is 2.09. The minimum Gasteiger partial charge on any atom is -0.366 e. The lowest BCUT2D eigenvalue weighted by atomic mass is 10.1. The highest BCUT2D eigenvalue weighted by molar-refractivity contribution is 5.92. The SMILES string of the molecule is CC(C)CNCc1cccc(C(N)=O)c1.N. The normalized spacial score (nSPS) is 9.94. The Hall–Kier alpha value is -1.39. The molecule has 0 saturated heterocycles. The van der Waals surface area contributed by atoms with Crippen LogP contribution in [0.2, 0.25) is 0 Å². The zero-order valence-corrected chi connectivity index (χ0v) is 9.99. The predicted molar refractivity (Wildman–Crippen MR) is 66.5 cm³/mol. The molecule has 0 heterocycles. The van der Waals surface area contributed by atoms with Crippen molar-refractivity contribution in [1.29, 1.82) is 0 Å². The van der Waals surface area contributed by atoms with Crippen LogP contribution in [0.4, 0.5) is 0 Å². The predicted octanol–water partition coefficient (Wildman–Crippen LogP) is 1.69. The van der Waals surface area contributed by atoms with Gasteiger partial charge < -0.3 is 17.2 Å². The standard InChI is InChI=1S/C12H18N2O.H3N/c1-9(2)7-14-8-10-4-3-5-11(6-10)12(13)15;/h3-6,9,14H,7-8H2,1-2H3,(H2,13,15);1H3. The van der Waals surface area contributed by atoms with Gasteiger partial charge in [-0.2, -0.15) is 0 Å². The van der Waals surface area contributed by atoms with Crippen LogP contribution in [0.1, 0.15) is 29.8 Å². The number of nitrogens with one attached hydrogen (secondary N) is 1. The number of carbonyl (C=O) groups is 1. The lowest BCUT2D eigenvalue weighted by molar-refractivity contribution is 0.1000. The molecular weight excluding hydrogens is 202 g/mol. The van der Waals surface area contributed by atoms with Crippen LogP contribution in [0.25, 0.3) is 0 Å². The maximum Gasteiger partial charge on any atom is 0.248 e. The van der Waals surface area contributed by atoms with Gasteiger partial charge >= 0.3 is 0 Å². The van der Waals surface area contributed by atoms with Crippen LogP contribution in [-0.4, -0.2) is 12.5 Å². The molecule has 0 aromatic heterocycles. The highest BCUT2D eigenvalue weighted by atomic mass is 16.1. The Morgan fingerprint density at radius 3 is 2.69 bits per heavy atom. The number of rotatable bonds is 5. The van der Waals surface area contributed by atoms with Crippen LogP contribution in [0.5, 0.6) is 0 Å². The maximum absolute atomic E-state index is 10.9. The number of hydrogen-bond donors (Lipinski definition) is 3. The molecule has 0 unspecified atom stereocenters. The van der Waals surface area contributed by atoms with Crippen LogP contribution in [-0.2, 0) is 6.54 Å². The largest absolute Gasteiger partial charge is 0.366 e. The van der Waals surface area contributed by atoms with Gasteiger partial charge in [0.2, 0.25) is 5.91 Å². The van der Waals surface area contributed by atoms with Crippen molar-refractivity contribution >= 4 is 5.91 Å². The molecule has 1 rings (SSSR count). The van der Waals surface area contributed by atoms with E-state index >= 15 is 0 Å². The van der Waals surface area contributed by atoms with Gasteiger partial charge in [-0.05, 0) is 30.2 Å². The Kier molecular flexibility index (Phi) is 6.37. The number of amides is 1. The van der Waals surface area contributed by atoms with E-state index in [0.29, 0.717) is 11.5 Å². The summed E-state index contributed by atoms with van der Waals surface area (Å²) in [6, 6.07) is 7.40. The molecule has 90 valence electrons. The lowest BCUT2D eigenvalue weighted by Gasteiger charge is -2.07. The second kappa shape index (κ2) is 6.98. The van der Waals surface area contributed by atoms with Crippen molar-refractivity contribution in [3.63, 3.8) is 0 Å². The van der Waals surface area contributed by atoms with Gasteiger partial charge in [0.15, 0.2) is 0 Å². The van der Waals surface area contributed by atoms with E-state index in [9.17, 15) is 4.79 Å². The van der Waals surface area contributed by atoms with Gasteiger partial charge in [0.25, 0.3) is 0 Å². The summed E-state index contributed by atoms with van der Waals surface area (Å²) >= 11 is 0. The zero-order chi connectivity index (χ0) is 11.3. The highest BCUT2D eigenvalue weighted by Gasteiger charge is 2.01. The Bertz CT molecular complexity index is 337. The first-order valence-corrected chi connectivity index (χ1v) is 5.19. The molecule has 0 saturated carbocycles. The number of hydrogen-bond acceptors (Lipinski definition) is 3. The van der Waals surface area contributed by atoms with Gasteiger partial charge in [0.05, 0.1) is 0 Å². The van der Waals surface area contributed by atoms with Gasteiger partial charge in [-0.15, -0.1) is 0 Å². The van der Waals surface area contributed by atoms with Crippen LogP contribution < -0.4 is 17.2 Å². The molecule has 0 aliphatic carbocycles. The minimum absolute atomic E-state index is 0. The molecule has 0 fully saturated rings. The fourth-order valence-corrected chi connectivity index (χ4v) is 1.34. The zero-order valence-electron chi connectivity index (χ0n) is 9.99. The fraction of sp³-hybridized carbons (Fsp3) is 0.417. The second-order valence-electron chi connectivity index (χ2n) is 4.09. The topological polar surface area (TPSA) is 90.1 Å². The highest BCUT2D eigenvalue weighted by Crippen LogP contribution is 2.04. The van der Waals surface area contributed by atoms with E-state index < -0.39 is 0 Å². The van der Waals surface area contributed by atoms with Gasteiger partial charge in [-0.1, -0.05) is 26.0 Å². The Morgan fingerprint density at radius 1 is 1.44 bits per heavy atom. The summed E-state index contributed by atoms with van der Waals surface area (Å²) < 4.78 is 0. The van der Waals surface area contributed by atoms with Crippen LogP contribution in [0, 0.1) is 5.92 Å². The molecule has 0 bridgehead atoms. The van der Waals surface area contributed by atoms with E-state index in [-0.39, 0.29) is 12.1 Å². The summed E-state index contributed by atoms with van der Waals surface area (Å²) in [4.78, 5) is 10.9. The van der Waals surface area contributed by atoms with Crippen molar-refractivity contribution in [2.45, 2.75) is 20.4 Å². The first-order valence-electron chi connectivity index (χ1n) is 5.19. The van der Waals surface area contributed by atoms with E-state index in [1.165, 1.54) is 0 Å². The summed E-state index contributed by atoms with van der Waals surface area (Å²) in [7, 11) is 0. The maximum atomic E-state index is 10.9. The molecule has 1 aromatic rings. The summed E-state index contributed by atoms with van der Waals surface area (Å²) in [5.74, 6) is 0.255. The number of primary amides is 1. The molecule has 4 heteroatoms. The molecule has 0 radical (unpaired) electrons. The van der Waals surface area contributed by atoms with Gasteiger partial charge in [0.1, 0.15) is 0 Å². The second-order valence-corrected chi connectivity index (χ2v) is 4.09. The minimum atomic E-state index is -0.374. The van der Waals surface area contributed by atoms with Crippen molar-refractivity contribution in [2.24, 2.45) is 11.7 Å². The van der Waals surface area contributed by atoms with E-state index in [1.54, 1.807) is 6.07 Å². The van der Waals surface area contributed by atoms with E-state index in [2.05, 4.69) is 19.2 Å². The third kappa shape index (κ3) is 4.91. The number of carbonyl (C=O) groups excluding carboxylic acids is 1. The fourth-order valence-electron chi connectivity index (χ4n) is 1.34. The molecule has 4 nitrogen and oxygen atoms in total. The van der Waals surface area contributed by atoms with E-state index in [0.717, 1.165) is 18.7 Å². The molecule has 0 aliphatic heterocycles. The van der Waals surface area contributed by atoms with Gasteiger partial charge in [-0.3, -0.25) is 4.79 Å². The van der Waals surface area contributed by atoms with E-state index in [1.807, 2.05) is 18.2 Å². The summed E-state index contributed by atoms with van der Waals surface area (Å²) in [6.07, 6.45) is 0. The number of nitrogens with two attached hydrogens (primary N) is 1. The van der Waals surface area contributed by atoms with Crippen LogP contribution in [0.3, 0.4) is 0 Å². The Labute approximate surface area is 96.8 Å². The molecule has 0 aliphatic rings. The lowest BCUT2D eigenvalue weighted by Crippen LogP contribution is -2.19. The average molecular weight is 223 g/mol. The van der Waals surface area contributed by atoms with Gasteiger partial charge in [-0.25, -0.2) is 0 Å². The van der Waals surface area contributed by atoms with Crippen molar-refractivity contribution in [1.82, 2.24) is 11.5 Å². The Morgan fingerprint density at radius 2 is 2.12 bits per heavy atom. The molecular formula is C12H21N3O. The molecule has 0 atom stereocenters. The summed E-state index contributed by atoms with van der Waals surface area (Å²) in [6.45, 7) is 6.07. The summed E-state index contributed by atoms with van der Waals surface area (Å²) in [5.41, 5.74) is 6.86. The monoisotopic (exact) mass is 223 g/mol. The quantitative estimate of drug-likeness (QED) is 0.709. The van der Waals surface area contributed by atoms with Crippen LogP contribution in [0.15, 0.2) is 24.3 Å². The number of benzene rings is 1. The molecule has 6 N–H and O–H groups in total. The van der Waals surface area contributed by atoms with Crippen molar-refractivity contribution in [3.8, 4) is 0 Å². The third-order valence-corrected chi connectivity index (χ3v) is 2.09.